The normalized spacial score (nSPS) is 10.7. The van der Waals surface area contributed by atoms with Crippen LogP contribution in [0.25, 0.3) is 0 Å². The molecule has 6 heteroatoms. The Morgan fingerprint density at radius 3 is 2.74 bits per heavy atom. The molecule has 0 bridgehead atoms. The van der Waals surface area contributed by atoms with Gasteiger partial charge in [-0.2, -0.15) is 0 Å². The Balaban J connectivity index is 2.04. The summed E-state index contributed by atoms with van der Waals surface area (Å²) in [5.41, 5.74) is 2.88. The molecule has 1 aromatic heterocycles. The minimum Gasteiger partial charge on any atom is -0.384 e. The fourth-order valence-corrected chi connectivity index (χ4v) is 2.27. The standard InChI is InChI=1S/C17H21ClN4O/c1-12-10-13(18)4-5-15(12)21-17(23)16-11-14(6-7-20-16)19-8-9-22(2)3/h4-7,10-11H,8-9H2,1-3H3,(H,19,20)(H,21,23). The monoisotopic (exact) mass is 332 g/mol. The van der Waals surface area contributed by atoms with Gasteiger partial charge in [0.2, 0.25) is 0 Å². The van der Waals surface area contributed by atoms with Gasteiger partial charge in [0.15, 0.2) is 0 Å². The van der Waals surface area contributed by atoms with Crippen LogP contribution in [0.3, 0.4) is 0 Å². The molecule has 1 amide bonds. The van der Waals surface area contributed by atoms with Crippen molar-refractivity contribution in [2.75, 3.05) is 37.8 Å². The predicted molar refractivity (Wildman–Crippen MR) is 95.4 cm³/mol. The van der Waals surface area contributed by atoms with Gasteiger partial charge in [0.1, 0.15) is 5.69 Å². The van der Waals surface area contributed by atoms with E-state index in [4.69, 9.17) is 11.6 Å². The summed E-state index contributed by atoms with van der Waals surface area (Å²) in [5.74, 6) is -0.244. The van der Waals surface area contributed by atoms with Crippen LogP contribution in [0.15, 0.2) is 36.5 Å². The molecule has 0 aliphatic rings. The second kappa shape index (κ2) is 7.94. The number of halogens is 1. The molecule has 0 spiro atoms. The maximum atomic E-state index is 12.3. The number of carbonyl (C=O) groups excluding carboxylic acids is 1. The van der Waals surface area contributed by atoms with Crippen LogP contribution in [0.2, 0.25) is 5.02 Å². The van der Waals surface area contributed by atoms with Crippen LogP contribution in [0.5, 0.6) is 0 Å². The molecule has 1 heterocycles. The molecule has 0 fully saturated rings. The van der Waals surface area contributed by atoms with Gasteiger partial charge in [-0.05, 0) is 56.9 Å². The molecule has 122 valence electrons. The highest BCUT2D eigenvalue weighted by Crippen LogP contribution is 2.20. The summed E-state index contributed by atoms with van der Waals surface area (Å²) in [4.78, 5) is 18.6. The van der Waals surface area contributed by atoms with Gasteiger partial charge < -0.3 is 15.5 Å². The number of carbonyl (C=O) groups is 1. The molecule has 0 saturated carbocycles. The lowest BCUT2D eigenvalue weighted by molar-refractivity contribution is 0.102. The molecule has 0 saturated heterocycles. The zero-order chi connectivity index (χ0) is 16.8. The number of hydrogen-bond acceptors (Lipinski definition) is 4. The number of rotatable bonds is 6. The van der Waals surface area contributed by atoms with Gasteiger partial charge in [0.25, 0.3) is 5.91 Å². The van der Waals surface area contributed by atoms with Gasteiger partial charge in [-0.3, -0.25) is 9.78 Å². The Bertz CT molecular complexity index is 688. The quantitative estimate of drug-likeness (QED) is 0.852. The van der Waals surface area contributed by atoms with E-state index in [-0.39, 0.29) is 5.91 Å². The van der Waals surface area contributed by atoms with Crippen LogP contribution in [-0.4, -0.2) is 43.0 Å². The van der Waals surface area contributed by atoms with E-state index in [0.717, 1.165) is 30.0 Å². The van der Waals surface area contributed by atoms with Crippen molar-refractivity contribution < 1.29 is 4.79 Å². The van der Waals surface area contributed by atoms with Gasteiger partial charge in [0, 0.05) is 35.7 Å². The number of nitrogens with zero attached hydrogens (tertiary/aromatic N) is 2. The molecule has 1 aromatic carbocycles. The van der Waals surface area contributed by atoms with E-state index in [1.165, 1.54) is 0 Å². The van der Waals surface area contributed by atoms with E-state index < -0.39 is 0 Å². The average Bonchev–Trinajstić information content (AvgIpc) is 2.50. The number of aryl methyl sites for hydroxylation is 1. The molecule has 5 nitrogen and oxygen atoms in total. The number of aromatic nitrogens is 1. The number of benzene rings is 1. The number of nitrogens with one attached hydrogen (secondary N) is 2. The molecular weight excluding hydrogens is 312 g/mol. The first-order valence-corrected chi connectivity index (χ1v) is 7.75. The van der Waals surface area contributed by atoms with Gasteiger partial charge in [-0.15, -0.1) is 0 Å². The molecule has 0 aliphatic carbocycles. The van der Waals surface area contributed by atoms with Crippen molar-refractivity contribution in [2.45, 2.75) is 6.92 Å². The molecule has 23 heavy (non-hydrogen) atoms. The predicted octanol–water partition coefficient (Wildman–Crippen LogP) is 3.27. The van der Waals surface area contributed by atoms with Crippen LogP contribution in [-0.2, 0) is 0 Å². The van der Waals surface area contributed by atoms with Crippen LogP contribution in [0.4, 0.5) is 11.4 Å². The van der Waals surface area contributed by atoms with Gasteiger partial charge in [0.05, 0.1) is 0 Å². The summed E-state index contributed by atoms with van der Waals surface area (Å²) < 4.78 is 0. The first-order chi connectivity index (χ1) is 11.0. The van der Waals surface area contributed by atoms with E-state index in [9.17, 15) is 4.79 Å². The maximum Gasteiger partial charge on any atom is 0.274 e. The molecule has 2 aromatic rings. The fourth-order valence-electron chi connectivity index (χ4n) is 2.04. The second-order valence-corrected chi connectivity index (χ2v) is 6.01. The van der Waals surface area contributed by atoms with Crippen LogP contribution in [0.1, 0.15) is 16.1 Å². The third-order valence-electron chi connectivity index (χ3n) is 3.32. The van der Waals surface area contributed by atoms with E-state index >= 15 is 0 Å². The summed E-state index contributed by atoms with van der Waals surface area (Å²) in [6, 6.07) is 8.94. The van der Waals surface area contributed by atoms with E-state index in [1.807, 2.05) is 33.2 Å². The first-order valence-electron chi connectivity index (χ1n) is 7.38. The van der Waals surface area contributed by atoms with Crippen molar-refractivity contribution in [1.82, 2.24) is 9.88 Å². The third kappa shape index (κ3) is 5.23. The van der Waals surface area contributed by atoms with Crippen molar-refractivity contribution in [2.24, 2.45) is 0 Å². The van der Waals surface area contributed by atoms with Crippen molar-refractivity contribution in [3.05, 3.63) is 52.8 Å². The van der Waals surface area contributed by atoms with Gasteiger partial charge in [-0.25, -0.2) is 0 Å². The fraction of sp³-hybridized carbons (Fsp3) is 0.294. The number of anilines is 2. The molecule has 2 rings (SSSR count). The summed E-state index contributed by atoms with van der Waals surface area (Å²) in [7, 11) is 4.03. The zero-order valence-electron chi connectivity index (χ0n) is 13.6. The topological polar surface area (TPSA) is 57.3 Å². The van der Waals surface area contributed by atoms with Crippen LogP contribution < -0.4 is 10.6 Å². The van der Waals surface area contributed by atoms with E-state index in [1.54, 1.807) is 24.4 Å². The Morgan fingerprint density at radius 1 is 1.26 bits per heavy atom. The summed E-state index contributed by atoms with van der Waals surface area (Å²) >= 11 is 5.93. The van der Waals surface area contributed by atoms with Gasteiger partial charge >= 0.3 is 0 Å². The Kier molecular flexibility index (Phi) is 5.96. The molecule has 2 N–H and O–H groups in total. The molecule has 0 atom stereocenters. The minimum atomic E-state index is -0.244. The number of hydrogen-bond donors (Lipinski definition) is 2. The second-order valence-electron chi connectivity index (χ2n) is 5.57. The summed E-state index contributed by atoms with van der Waals surface area (Å²) in [6.07, 6.45) is 1.63. The third-order valence-corrected chi connectivity index (χ3v) is 3.55. The first kappa shape index (κ1) is 17.2. The minimum absolute atomic E-state index is 0.244. The highest BCUT2D eigenvalue weighted by atomic mass is 35.5. The van der Waals surface area contributed by atoms with Crippen molar-refractivity contribution in [1.29, 1.82) is 0 Å². The Hall–Kier alpha value is -2.11. The Morgan fingerprint density at radius 2 is 2.04 bits per heavy atom. The highest BCUT2D eigenvalue weighted by molar-refractivity contribution is 6.30. The SMILES string of the molecule is Cc1cc(Cl)ccc1NC(=O)c1cc(NCCN(C)C)ccn1. The Labute approximate surface area is 141 Å². The van der Waals surface area contributed by atoms with Crippen LogP contribution >= 0.6 is 11.6 Å². The lowest BCUT2D eigenvalue weighted by Gasteiger charge is -2.12. The van der Waals surface area contributed by atoms with Crippen molar-refractivity contribution in [3.63, 3.8) is 0 Å². The lowest BCUT2D eigenvalue weighted by atomic mass is 10.2. The zero-order valence-corrected chi connectivity index (χ0v) is 14.3. The van der Waals surface area contributed by atoms with Crippen molar-refractivity contribution >= 4 is 28.9 Å². The maximum absolute atomic E-state index is 12.3. The summed E-state index contributed by atoms with van der Waals surface area (Å²) in [6.45, 7) is 3.61. The van der Waals surface area contributed by atoms with Crippen molar-refractivity contribution in [3.8, 4) is 0 Å². The van der Waals surface area contributed by atoms with E-state index in [0.29, 0.717) is 10.7 Å². The lowest BCUT2D eigenvalue weighted by Crippen LogP contribution is -2.21. The molecular formula is C17H21ClN4O. The number of pyridine rings is 1. The average molecular weight is 333 g/mol. The van der Waals surface area contributed by atoms with Crippen LogP contribution in [0, 0.1) is 6.92 Å². The molecule has 0 radical (unpaired) electrons. The molecule has 0 unspecified atom stereocenters. The van der Waals surface area contributed by atoms with E-state index in [2.05, 4.69) is 20.5 Å². The largest absolute Gasteiger partial charge is 0.384 e. The number of likely N-dealkylation sites (N-methyl/N-ethyl adjacent to an activating group) is 1. The molecule has 0 aliphatic heterocycles. The number of amides is 1. The summed E-state index contributed by atoms with van der Waals surface area (Å²) in [5, 5.41) is 6.78. The smallest absolute Gasteiger partial charge is 0.274 e. The van der Waals surface area contributed by atoms with Gasteiger partial charge in [-0.1, -0.05) is 11.6 Å². The highest BCUT2D eigenvalue weighted by Gasteiger charge is 2.10.